The quantitative estimate of drug-likeness (QED) is 0.701. The summed E-state index contributed by atoms with van der Waals surface area (Å²) in [7, 11) is 2.23. The number of hydrogen-bond donors (Lipinski definition) is 2. The number of likely N-dealkylation sites (tertiary alicyclic amines) is 1. The van der Waals surface area contributed by atoms with Crippen molar-refractivity contribution in [3.8, 4) is 0 Å². The fourth-order valence-electron chi connectivity index (χ4n) is 3.80. The van der Waals surface area contributed by atoms with E-state index in [0.717, 1.165) is 18.3 Å². The average molecular weight is 225 g/mol. The first-order valence-electron chi connectivity index (χ1n) is 6.79. The van der Waals surface area contributed by atoms with E-state index in [2.05, 4.69) is 18.9 Å². The van der Waals surface area contributed by atoms with Crippen LogP contribution in [0.4, 0.5) is 0 Å². The lowest BCUT2D eigenvalue weighted by atomic mass is 9.67. The van der Waals surface area contributed by atoms with Crippen molar-refractivity contribution >= 4 is 0 Å². The van der Waals surface area contributed by atoms with Gasteiger partial charge in [0.05, 0.1) is 0 Å². The molecule has 5 unspecified atom stereocenters. The topological polar surface area (TPSA) is 55.3 Å². The van der Waals surface area contributed by atoms with Gasteiger partial charge in [-0.2, -0.15) is 0 Å². The van der Waals surface area contributed by atoms with Gasteiger partial charge in [0.25, 0.3) is 0 Å². The molecule has 16 heavy (non-hydrogen) atoms. The molecular formula is C13H27N3. The maximum atomic E-state index is 6.35. The molecule has 0 aromatic carbocycles. The second kappa shape index (κ2) is 5.03. The molecule has 5 atom stereocenters. The van der Waals surface area contributed by atoms with Crippen molar-refractivity contribution in [1.29, 1.82) is 0 Å². The monoisotopic (exact) mass is 225 g/mol. The molecule has 0 aromatic heterocycles. The van der Waals surface area contributed by atoms with Gasteiger partial charge in [0.2, 0.25) is 0 Å². The van der Waals surface area contributed by atoms with Gasteiger partial charge in [0.1, 0.15) is 0 Å². The molecule has 3 nitrogen and oxygen atoms in total. The zero-order valence-electron chi connectivity index (χ0n) is 10.7. The molecule has 1 saturated carbocycles. The van der Waals surface area contributed by atoms with Gasteiger partial charge in [-0.15, -0.1) is 0 Å². The predicted octanol–water partition coefficient (Wildman–Crippen LogP) is 1.03. The molecule has 4 N–H and O–H groups in total. The number of nitrogens with two attached hydrogens (primary N) is 2. The Hall–Kier alpha value is -0.120. The second-order valence-corrected chi connectivity index (χ2v) is 6.04. The smallest absolute Gasteiger partial charge is 0.0226 e. The molecule has 1 heterocycles. The highest BCUT2D eigenvalue weighted by Crippen LogP contribution is 2.37. The van der Waals surface area contributed by atoms with Crippen LogP contribution in [0.5, 0.6) is 0 Å². The lowest BCUT2D eigenvalue weighted by Gasteiger charge is -2.45. The van der Waals surface area contributed by atoms with Crippen LogP contribution in [-0.4, -0.2) is 37.1 Å². The Morgan fingerprint density at radius 2 is 1.88 bits per heavy atom. The highest BCUT2D eigenvalue weighted by molar-refractivity contribution is 4.95. The normalized spacial score (nSPS) is 46.9. The largest absolute Gasteiger partial charge is 0.326 e. The highest BCUT2D eigenvalue weighted by Gasteiger charge is 2.39. The van der Waals surface area contributed by atoms with Crippen LogP contribution in [0.1, 0.15) is 32.6 Å². The van der Waals surface area contributed by atoms with Crippen LogP contribution in [0.3, 0.4) is 0 Å². The van der Waals surface area contributed by atoms with Gasteiger partial charge in [-0.3, -0.25) is 0 Å². The summed E-state index contributed by atoms with van der Waals surface area (Å²) >= 11 is 0. The average Bonchev–Trinajstić information content (AvgIpc) is 2.24. The van der Waals surface area contributed by atoms with Crippen LogP contribution in [0.2, 0.25) is 0 Å². The van der Waals surface area contributed by atoms with Crippen LogP contribution in [0.25, 0.3) is 0 Å². The highest BCUT2D eigenvalue weighted by atomic mass is 15.1. The summed E-state index contributed by atoms with van der Waals surface area (Å²) in [4.78, 5) is 2.45. The van der Waals surface area contributed by atoms with E-state index >= 15 is 0 Å². The molecule has 1 saturated heterocycles. The number of hydrogen-bond acceptors (Lipinski definition) is 3. The summed E-state index contributed by atoms with van der Waals surface area (Å²) in [6, 6.07) is 0.452. The third-order valence-electron chi connectivity index (χ3n) is 4.76. The van der Waals surface area contributed by atoms with Gasteiger partial charge in [0, 0.05) is 18.6 Å². The zero-order valence-corrected chi connectivity index (χ0v) is 10.7. The molecule has 2 fully saturated rings. The van der Waals surface area contributed by atoms with Crippen molar-refractivity contribution in [2.45, 2.75) is 44.7 Å². The van der Waals surface area contributed by atoms with Crippen LogP contribution in [0.15, 0.2) is 0 Å². The summed E-state index contributed by atoms with van der Waals surface area (Å²) in [5.41, 5.74) is 12.5. The molecule has 3 heteroatoms. The Morgan fingerprint density at radius 3 is 2.56 bits per heavy atom. The van der Waals surface area contributed by atoms with Crippen molar-refractivity contribution in [2.75, 3.05) is 20.1 Å². The minimum Gasteiger partial charge on any atom is -0.326 e. The van der Waals surface area contributed by atoms with Crippen molar-refractivity contribution < 1.29 is 0 Å². The molecule has 94 valence electrons. The van der Waals surface area contributed by atoms with Crippen molar-refractivity contribution in [3.63, 3.8) is 0 Å². The van der Waals surface area contributed by atoms with E-state index in [1.807, 2.05) is 0 Å². The number of nitrogens with zero attached hydrogens (tertiary/aromatic N) is 1. The molecule has 0 bridgehead atoms. The minimum absolute atomic E-state index is 0.222. The first-order valence-corrected chi connectivity index (χ1v) is 6.79. The Labute approximate surface area is 99.5 Å². The maximum absolute atomic E-state index is 6.35. The molecule has 0 amide bonds. The van der Waals surface area contributed by atoms with E-state index in [1.54, 1.807) is 0 Å². The number of piperidine rings is 1. The maximum Gasteiger partial charge on any atom is 0.0226 e. The molecule has 0 spiro atoms. The van der Waals surface area contributed by atoms with Gasteiger partial charge < -0.3 is 16.4 Å². The van der Waals surface area contributed by atoms with E-state index in [4.69, 9.17) is 11.5 Å². The summed E-state index contributed by atoms with van der Waals surface area (Å²) in [6.45, 7) is 4.83. The fourth-order valence-corrected chi connectivity index (χ4v) is 3.80. The molecular weight excluding hydrogens is 198 g/mol. The summed E-state index contributed by atoms with van der Waals surface area (Å²) in [6.07, 6.45) is 5.05. The summed E-state index contributed by atoms with van der Waals surface area (Å²) < 4.78 is 0. The van der Waals surface area contributed by atoms with Crippen LogP contribution < -0.4 is 11.5 Å². The van der Waals surface area contributed by atoms with Crippen LogP contribution >= 0.6 is 0 Å². The van der Waals surface area contributed by atoms with Gasteiger partial charge in [-0.05, 0) is 57.0 Å². The Kier molecular flexibility index (Phi) is 3.88. The molecule has 2 rings (SSSR count). The van der Waals surface area contributed by atoms with Gasteiger partial charge in [-0.25, -0.2) is 0 Å². The van der Waals surface area contributed by atoms with Crippen LogP contribution in [-0.2, 0) is 0 Å². The van der Waals surface area contributed by atoms with E-state index in [-0.39, 0.29) is 12.1 Å². The Bertz CT molecular complexity index is 231. The van der Waals surface area contributed by atoms with Gasteiger partial charge >= 0.3 is 0 Å². The second-order valence-electron chi connectivity index (χ2n) is 6.04. The molecule has 2 aliphatic rings. The molecule has 1 aliphatic carbocycles. The van der Waals surface area contributed by atoms with E-state index in [9.17, 15) is 0 Å². The fraction of sp³-hybridized carbons (Fsp3) is 1.00. The molecule has 1 aliphatic heterocycles. The standard InChI is InChI=1S/C13H27N3/c1-9-5-6-11(14)13(15)12(9)10-4-3-7-16(2)8-10/h9-13H,3-8,14-15H2,1-2H3. The first-order chi connectivity index (χ1) is 7.59. The SMILES string of the molecule is CC1CCC(N)C(N)C1C1CCCN(C)C1. The lowest BCUT2D eigenvalue weighted by molar-refractivity contribution is 0.0757. The summed E-state index contributed by atoms with van der Waals surface area (Å²) in [5.74, 6) is 2.17. The van der Waals surface area contributed by atoms with Gasteiger partial charge in [0.15, 0.2) is 0 Å². The van der Waals surface area contributed by atoms with Crippen molar-refractivity contribution in [2.24, 2.45) is 29.2 Å². The summed E-state index contributed by atoms with van der Waals surface area (Å²) in [5, 5.41) is 0. The third kappa shape index (κ3) is 2.41. The third-order valence-corrected chi connectivity index (χ3v) is 4.76. The minimum atomic E-state index is 0.222. The first kappa shape index (κ1) is 12.3. The van der Waals surface area contributed by atoms with Crippen molar-refractivity contribution in [3.05, 3.63) is 0 Å². The Morgan fingerprint density at radius 1 is 1.12 bits per heavy atom. The van der Waals surface area contributed by atoms with E-state index < -0.39 is 0 Å². The predicted molar refractivity (Wildman–Crippen MR) is 68.1 cm³/mol. The van der Waals surface area contributed by atoms with Gasteiger partial charge in [-0.1, -0.05) is 6.92 Å². The molecule has 0 radical (unpaired) electrons. The van der Waals surface area contributed by atoms with Crippen molar-refractivity contribution in [1.82, 2.24) is 4.90 Å². The van der Waals surface area contributed by atoms with E-state index in [1.165, 1.54) is 32.4 Å². The van der Waals surface area contributed by atoms with Crippen LogP contribution in [0, 0.1) is 17.8 Å². The number of rotatable bonds is 1. The van der Waals surface area contributed by atoms with E-state index in [0.29, 0.717) is 5.92 Å². The Balaban J connectivity index is 2.04. The zero-order chi connectivity index (χ0) is 11.7. The lowest BCUT2D eigenvalue weighted by Crippen LogP contribution is -2.56. The molecule has 0 aromatic rings.